The summed E-state index contributed by atoms with van der Waals surface area (Å²) in [5.74, 6) is 1.53. The van der Waals surface area contributed by atoms with Gasteiger partial charge in [-0.2, -0.15) is 0 Å². The van der Waals surface area contributed by atoms with E-state index < -0.39 is 0 Å². The lowest BCUT2D eigenvalue weighted by Gasteiger charge is -2.34. The highest BCUT2D eigenvalue weighted by Crippen LogP contribution is 2.33. The average molecular weight is 423 g/mol. The number of anilines is 2. The van der Waals surface area contributed by atoms with Crippen molar-refractivity contribution in [2.24, 2.45) is 0 Å². The number of ether oxygens (including phenoxy) is 2. The normalized spacial score (nSPS) is 15.9. The SMILES string of the molecule is O=C(Nc1ccccc1)c1cnc(N2CCN(Cc3ccc4c(c3)OCO4)CC2)s1. The number of rotatable bonds is 5. The van der Waals surface area contributed by atoms with Gasteiger partial charge in [-0.1, -0.05) is 35.6 Å². The topological polar surface area (TPSA) is 66.9 Å². The van der Waals surface area contributed by atoms with E-state index in [9.17, 15) is 4.79 Å². The van der Waals surface area contributed by atoms with Crippen LogP contribution in [0.15, 0.2) is 54.7 Å². The molecule has 1 saturated heterocycles. The highest BCUT2D eigenvalue weighted by atomic mass is 32.1. The van der Waals surface area contributed by atoms with E-state index in [2.05, 4.69) is 32.2 Å². The van der Waals surface area contributed by atoms with Crippen LogP contribution in [-0.2, 0) is 6.54 Å². The Morgan fingerprint density at radius 3 is 2.67 bits per heavy atom. The largest absolute Gasteiger partial charge is 0.454 e. The number of hydrogen-bond acceptors (Lipinski definition) is 7. The van der Waals surface area contributed by atoms with E-state index in [0.29, 0.717) is 11.7 Å². The molecule has 0 atom stereocenters. The first-order valence-electron chi connectivity index (χ1n) is 9.93. The first-order valence-corrected chi connectivity index (χ1v) is 10.7. The van der Waals surface area contributed by atoms with Crippen LogP contribution < -0.4 is 19.7 Å². The third-order valence-electron chi connectivity index (χ3n) is 5.23. The van der Waals surface area contributed by atoms with Gasteiger partial charge in [-0.15, -0.1) is 0 Å². The molecule has 2 aromatic carbocycles. The van der Waals surface area contributed by atoms with Crippen LogP contribution >= 0.6 is 11.3 Å². The molecule has 5 rings (SSSR count). The van der Waals surface area contributed by atoms with E-state index in [1.54, 1.807) is 6.20 Å². The van der Waals surface area contributed by atoms with Crippen molar-refractivity contribution in [3.8, 4) is 11.5 Å². The van der Waals surface area contributed by atoms with Gasteiger partial charge in [0.15, 0.2) is 16.6 Å². The molecule has 1 fully saturated rings. The molecule has 1 aromatic heterocycles. The zero-order chi connectivity index (χ0) is 20.3. The van der Waals surface area contributed by atoms with Crippen molar-refractivity contribution in [2.75, 3.05) is 43.2 Å². The molecule has 0 radical (unpaired) electrons. The summed E-state index contributed by atoms with van der Waals surface area (Å²) < 4.78 is 10.9. The summed E-state index contributed by atoms with van der Waals surface area (Å²) in [5.41, 5.74) is 2.01. The van der Waals surface area contributed by atoms with E-state index in [0.717, 1.165) is 55.0 Å². The number of hydrogen-bond donors (Lipinski definition) is 1. The molecule has 0 unspecified atom stereocenters. The predicted octanol–water partition coefficient (Wildman–Crippen LogP) is 3.45. The Kier molecular flexibility index (Phi) is 5.25. The number of aromatic nitrogens is 1. The Morgan fingerprint density at radius 2 is 1.83 bits per heavy atom. The Morgan fingerprint density at radius 1 is 1.03 bits per heavy atom. The maximum absolute atomic E-state index is 12.5. The van der Waals surface area contributed by atoms with Crippen molar-refractivity contribution >= 4 is 28.1 Å². The van der Waals surface area contributed by atoms with Crippen LogP contribution in [0.3, 0.4) is 0 Å². The molecular formula is C22H22N4O3S. The van der Waals surface area contributed by atoms with Crippen LogP contribution in [0.25, 0.3) is 0 Å². The summed E-state index contributed by atoms with van der Waals surface area (Å²) in [6.07, 6.45) is 1.66. The van der Waals surface area contributed by atoms with E-state index in [1.165, 1.54) is 16.9 Å². The number of amides is 1. The lowest BCUT2D eigenvalue weighted by molar-refractivity contribution is 0.103. The lowest BCUT2D eigenvalue weighted by Crippen LogP contribution is -2.45. The van der Waals surface area contributed by atoms with Crippen LogP contribution in [0.4, 0.5) is 10.8 Å². The molecule has 0 bridgehead atoms. The average Bonchev–Trinajstić information content (AvgIpc) is 3.45. The fourth-order valence-corrected chi connectivity index (χ4v) is 4.49. The summed E-state index contributed by atoms with van der Waals surface area (Å²) in [7, 11) is 0. The molecule has 154 valence electrons. The molecule has 2 aliphatic heterocycles. The van der Waals surface area contributed by atoms with Gasteiger partial charge >= 0.3 is 0 Å². The highest BCUT2D eigenvalue weighted by molar-refractivity contribution is 7.17. The molecular weight excluding hydrogens is 400 g/mol. The number of nitrogens with zero attached hydrogens (tertiary/aromatic N) is 3. The number of para-hydroxylation sites is 1. The zero-order valence-electron chi connectivity index (χ0n) is 16.4. The van der Waals surface area contributed by atoms with Gasteiger partial charge in [0, 0.05) is 38.4 Å². The number of carbonyl (C=O) groups excluding carboxylic acids is 1. The van der Waals surface area contributed by atoms with Crippen LogP contribution in [0, 0.1) is 0 Å². The number of piperazine rings is 1. The molecule has 2 aliphatic rings. The van der Waals surface area contributed by atoms with Gasteiger partial charge in [-0.25, -0.2) is 4.98 Å². The molecule has 0 spiro atoms. The monoisotopic (exact) mass is 422 g/mol. The van der Waals surface area contributed by atoms with E-state index in [4.69, 9.17) is 9.47 Å². The second-order valence-electron chi connectivity index (χ2n) is 7.28. The van der Waals surface area contributed by atoms with Gasteiger partial charge in [0.2, 0.25) is 6.79 Å². The van der Waals surface area contributed by atoms with Crippen molar-refractivity contribution in [3.05, 3.63) is 65.2 Å². The van der Waals surface area contributed by atoms with E-state index in [1.807, 2.05) is 36.4 Å². The second-order valence-corrected chi connectivity index (χ2v) is 8.29. The summed E-state index contributed by atoms with van der Waals surface area (Å²) in [4.78, 5) is 22.2. The quantitative estimate of drug-likeness (QED) is 0.679. The maximum atomic E-state index is 12.5. The molecule has 0 saturated carbocycles. The van der Waals surface area contributed by atoms with Crippen LogP contribution in [-0.4, -0.2) is 48.8 Å². The minimum absolute atomic E-state index is 0.119. The van der Waals surface area contributed by atoms with Crippen LogP contribution in [0.1, 0.15) is 15.2 Å². The summed E-state index contributed by atoms with van der Waals surface area (Å²) in [6.45, 7) is 4.85. The fraction of sp³-hybridized carbons (Fsp3) is 0.273. The molecule has 8 heteroatoms. The summed E-state index contributed by atoms with van der Waals surface area (Å²) in [5, 5.41) is 3.81. The van der Waals surface area contributed by atoms with Gasteiger partial charge in [-0.3, -0.25) is 9.69 Å². The predicted molar refractivity (Wildman–Crippen MR) is 117 cm³/mol. The van der Waals surface area contributed by atoms with Crippen molar-refractivity contribution in [2.45, 2.75) is 6.54 Å². The van der Waals surface area contributed by atoms with Crippen LogP contribution in [0.5, 0.6) is 11.5 Å². The smallest absolute Gasteiger partial charge is 0.267 e. The van der Waals surface area contributed by atoms with E-state index >= 15 is 0 Å². The standard InChI is InChI=1S/C22H22N4O3S/c27-21(24-17-4-2-1-3-5-17)20-13-23-22(30-20)26-10-8-25(9-11-26)14-16-6-7-18-19(12-16)29-15-28-18/h1-7,12-13H,8-11,14-15H2,(H,24,27). The molecule has 3 heterocycles. The van der Waals surface area contributed by atoms with Crippen LogP contribution in [0.2, 0.25) is 0 Å². The Balaban J connectivity index is 1.16. The number of fused-ring (bicyclic) bond motifs is 1. The van der Waals surface area contributed by atoms with E-state index in [-0.39, 0.29) is 5.91 Å². The molecule has 7 nitrogen and oxygen atoms in total. The number of thiazole rings is 1. The molecule has 1 N–H and O–H groups in total. The number of carbonyl (C=O) groups is 1. The van der Waals surface area contributed by atoms with Crippen molar-refractivity contribution in [3.63, 3.8) is 0 Å². The van der Waals surface area contributed by atoms with Gasteiger partial charge in [0.05, 0.1) is 6.20 Å². The van der Waals surface area contributed by atoms with Crippen molar-refractivity contribution < 1.29 is 14.3 Å². The van der Waals surface area contributed by atoms with Gasteiger partial charge in [-0.05, 0) is 29.8 Å². The van der Waals surface area contributed by atoms with Gasteiger partial charge in [0.1, 0.15) is 4.88 Å². The third-order valence-corrected chi connectivity index (χ3v) is 6.29. The maximum Gasteiger partial charge on any atom is 0.267 e. The first-order chi connectivity index (χ1) is 14.7. The Labute approximate surface area is 178 Å². The van der Waals surface area contributed by atoms with Gasteiger partial charge < -0.3 is 19.7 Å². The van der Waals surface area contributed by atoms with Crippen molar-refractivity contribution in [1.82, 2.24) is 9.88 Å². The minimum Gasteiger partial charge on any atom is -0.454 e. The fourth-order valence-electron chi connectivity index (χ4n) is 3.63. The highest BCUT2D eigenvalue weighted by Gasteiger charge is 2.22. The number of nitrogens with one attached hydrogen (secondary N) is 1. The third kappa shape index (κ3) is 4.10. The van der Waals surface area contributed by atoms with Crippen molar-refractivity contribution in [1.29, 1.82) is 0 Å². The second kappa shape index (κ2) is 8.33. The molecule has 3 aromatic rings. The molecule has 0 aliphatic carbocycles. The Hall–Kier alpha value is -3.10. The summed E-state index contributed by atoms with van der Waals surface area (Å²) in [6, 6.07) is 15.6. The number of benzene rings is 2. The van der Waals surface area contributed by atoms with Gasteiger partial charge in [0.25, 0.3) is 5.91 Å². The summed E-state index contributed by atoms with van der Waals surface area (Å²) >= 11 is 1.44. The zero-order valence-corrected chi connectivity index (χ0v) is 17.2. The molecule has 30 heavy (non-hydrogen) atoms. The Bertz CT molecular complexity index is 1030. The first kappa shape index (κ1) is 18.9. The molecule has 1 amide bonds. The minimum atomic E-state index is -0.119. The lowest BCUT2D eigenvalue weighted by atomic mass is 10.1.